The van der Waals surface area contributed by atoms with Crippen molar-refractivity contribution in [2.24, 2.45) is 10.9 Å². The van der Waals surface area contributed by atoms with Gasteiger partial charge in [-0.3, -0.25) is 0 Å². The van der Waals surface area contributed by atoms with Crippen LogP contribution in [0.1, 0.15) is 5.56 Å². The lowest BCUT2D eigenvalue weighted by molar-refractivity contribution is 0.318. The first-order valence-corrected chi connectivity index (χ1v) is 6.68. The van der Waals surface area contributed by atoms with Gasteiger partial charge in [0.25, 0.3) is 0 Å². The van der Waals surface area contributed by atoms with Crippen molar-refractivity contribution in [3.05, 3.63) is 52.6 Å². The molecule has 3 N–H and O–H groups in total. The summed E-state index contributed by atoms with van der Waals surface area (Å²) in [4.78, 5) is 5.31. The Balaban J connectivity index is 2.19. The molecular formula is C12H10BrN3OS. The molecular weight excluding hydrogens is 314 g/mol. The second-order valence-electron chi connectivity index (χ2n) is 3.40. The summed E-state index contributed by atoms with van der Waals surface area (Å²) in [6.07, 6.45) is 1.75. The summed E-state index contributed by atoms with van der Waals surface area (Å²) in [6, 6.07) is 11.2. The van der Waals surface area contributed by atoms with Crippen LogP contribution in [0.25, 0.3) is 0 Å². The first-order chi connectivity index (χ1) is 8.70. The van der Waals surface area contributed by atoms with E-state index >= 15 is 0 Å². The molecule has 0 radical (unpaired) electrons. The number of amidine groups is 1. The SMILES string of the molecule is NC(=NO)c1ccc(Sc2ncccc2Br)cc1. The zero-order valence-electron chi connectivity index (χ0n) is 9.25. The monoisotopic (exact) mass is 323 g/mol. The topological polar surface area (TPSA) is 71.5 Å². The quantitative estimate of drug-likeness (QED) is 0.394. The van der Waals surface area contributed by atoms with Gasteiger partial charge in [0.2, 0.25) is 0 Å². The fraction of sp³-hybridized carbons (Fsp3) is 0. The average Bonchev–Trinajstić information content (AvgIpc) is 2.41. The van der Waals surface area contributed by atoms with Crippen LogP contribution >= 0.6 is 27.7 Å². The number of oxime groups is 1. The minimum Gasteiger partial charge on any atom is -0.409 e. The third kappa shape index (κ3) is 3.02. The molecule has 0 saturated heterocycles. The standard InChI is InChI=1S/C12H10BrN3OS/c13-10-2-1-7-15-12(10)18-9-5-3-8(4-6-9)11(14)16-17/h1-7,17H,(H2,14,16). The number of hydrogen-bond acceptors (Lipinski definition) is 4. The maximum atomic E-state index is 8.57. The van der Waals surface area contributed by atoms with Crippen LogP contribution < -0.4 is 5.73 Å². The molecule has 0 aliphatic carbocycles. The van der Waals surface area contributed by atoms with E-state index in [2.05, 4.69) is 26.1 Å². The molecule has 2 rings (SSSR count). The van der Waals surface area contributed by atoms with Crippen molar-refractivity contribution in [1.29, 1.82) is 0 Å². The Morgan fingerprint density at radius 2 is 2.00 bits per heavy atom. The molecule has 0 aliphatic rings. The van der Waals surface area contributed by atoms with Crippen LogP contribution in [-0.2, 0) is 0 Å². The summed E-state index contributed by atoms with van der Waals surface area (Å²) in [7, 11) is 0. The number of pyridine rings is 1. The number of rotatable bonds is 3. The molecule has 0 spiro atoms. The van der Waals surface area contributed by atoms with E-state index in [9.17, 15) is 0 Å². The zero-order chi connectivity index (χ0) is 13.0. The van der Waals surface area contributed by atoms with Crippen molar-refractivity contribution in [3.63, 3.8) is 0 Å². The molecule has 18 heavy (non-hydrogen) atoms. The van der Waals surface area contributed by atoms with Crippen LogP contribution in [0.15, 0.2) is 62.1 Å². The van der Waals surface area contributed by atoms with Gasteiger partial charge < -0.3 is 10.9 Å². The highest BCUT2D eigenvalue weighted by molar-refractivity contribution is 9.10. The Morgan fingerprint density at radius 3 is 2.61 bits per heavy atom. The Kier molecular flexibility index (Phi) is 4.22. The van der Waals surface area contributed by atoms with Crippen molar-refractivity contribution < 1.29 is 5.21 Å². The van der Waals surface area contributed by atoms with E-state index in [4.69, 9.17) is 10.9 Å². The molecule has 0 saturated carbocycles. The van der Waals surface area contributed by atoms with Crippen molar-refractivity contribution >= 4 is 33.5 Å². The van der Waals surface area contributed by atoms with Gasteiger partial charge in [-0.2, -0.15) is 0 Å². The molecule has 0 aliphatic heterocycles. The van der Waals surface area contributed by atoms with E-state index in [1.807, 2.05) is 24.3 Å². The van der Waals surface area contributed by atoms with Gasteiger partial charge >= 0.3 is 0 Å². The van der Waals surface area contributed by atoms with Gasteiger partial charge in [0, 0.05) is 16.7 Å². The molecule has 0 fully saturated rings. The highest BCUT2D eigenvalue weighted by atomic mass is 79.9. The minimum atomic E-state index is 0.102. The van der Waals surface area contributed by atoms with Gasteiger partial charge in [-0.15, -0.1) is 0 Å². The van der Waals surface area contributed by atoms with Crippen LogP contribution in [-0.4, -0.2) is 16.0 Å². The van der Waals surface area contributed by atoms with Gasteiger partial charge in [0.15, 0.2) is 5.84 Å². The Hall–Kier alpha value is -1.53. The lowest BCUT2D eigenvalue weighted by atomic mass is 10.2. The van der Waals surface area contributed by atoms with Gasteiger partial charge in [-0.1, -0.05) is 29.1 Å². The summed E-state index contributed by atoms with van der Waals surface area (Å²) in [5, 5.41) is 12.4. The molecule has 1 heterocycles. The molecule has 2 aromatic rings. The van der Waals surface area contributed by atoms with Gasteiger partial charge in [-0.25, -0.2) is 4.98 Å². The number of hydrogen-bond donors (Lipinski definition) is 2. The normalized spacial score (nSPS) is 11.5. The van der Waals surface area contributed by atoms with Crippen LogP contribution in [0.5, 0.6) is 0 Å². The second kappa shape index (κ2) is 5.88. The number of nitrogens with zero attached hydrogens (tertiary/aromatic N) is 2. The van der Waals surface area contributed by atoms with Crippen molar-refractivity contribution in [2.45, 2.75) is 9.92 Å². The molecule has 0 unspecified atom stereocenters. The number of nitrogens with two attached hydrogens (primary N) is 1. The fourth-order valence-electron chi connectivity index (χ4n) is 1.31. The molecule has 1 aromatic carbocycles. The van der Waals surface area contributed by atoms with Crippen molar-refractivity contribution in [2.75, 3.05) is 0 Å². The number of aromatic nitrogens is 1. The molecule has 0 atom stereocenters. The summed E-state index contributed by atoms with van der Waals surface area (Å²) in [5.41, 5.74) is 6.18. The third-order valence-corrected chi connectivity index (χ3v) is 4.13. The van der Waals surface area contributed by atoms with Crippen LogP contribution in [0.2, 0.25) is 0 Å². The highest BCUT2D eigenvalue weighted by Gasteiger charge is 2.04. The summed E-state index contributed by atoms with van der Waals surface area (Å²) in [5.74, 6) is 0.102. The van der Waals surface area contributed by atoms with Crippen LogP contribution in [0.3, 0.4) is 0 Å². The van der Waals surface area contributed by atoms with E-state index in [0.29, 0.717) is 5.56 Å². The molecule has 4 nitrogen and oxygen atoms in total. The predicted octanol–water partition coefficient (Wildman–Crippen LogP) is 3.09. The first kappa shape index (κ1) is 12.9. The van der Waals surface area contributed by atoms with E-state index < -0.39 is 0 Å². The number of benzene rings is 1. The minimum absolute atomic E-state index is 0.102. The first-order valence-electron chi connectivity index (χ1n) is 5.07. The summed E-state index contributed by atoms with van der Waals surface area (Å²) >= 11 is 4.99. The number of halogens is 1. The maximum absolute atomic E-state index is 8.57. The second-order valence-corrected chi connectivity index (χ2v) is 5.32. The Bertz CT molecular complexity index is 572. The smallest absolute Gasteiger partial charge is 0.170 e. The zero-order valence-corrected chi connectivity index (χ0v) is 11.6. The molecule has 0 bridgehead atoms. The molecule has 92 valence electrons. The largest absolute Gasteiger partial charge is 0.409 e. The van der Waals surface area contributed by atoms with Gasteiger partial charge in [-0.05, 0) is 40.2 Å². The lowest BCUT2D eigenvalue weighted by Crippen LogP contribution is -2.12. The van der Waals surface area contributed by atoms with E-state index in [0.717, 1.165) is 14.4 Å². The predicted molar refractivity (Wildman–Crippen MR) is 75.0 cm³/mol. The third-order valence-electron chi connectivity index (χ3n) is 2.20. The molecule has 0 amide bonds. The Labute approximate surface area is 117 Å². The van der Waals surface area contributed by atoms with E-state index in [1.165, 1.54) is 0 Å². The molecule has 1 aromatic heterocycles. The van der Waals surface area contributed by atoms with Gasteiger partial charge in [0.1, 0.15) is 5.03 Å². The average molecular weight is 324 g/mol. The molecule has 6 heteroatoms. The maximum Gasteiger partial charge on any atom is 0.170 e. The Morgan fingerprint density at radius 1 is 1.28 bits per heavy atom. The van der Waals surface area contributed by atoms with Crippen molar-refractivity contribution in [3.8, 4) is 0 Å². The van der Waals surface area contributed by atoms with Crippen LogP contribution in [0.4, 0.5) is 0 Å². The van der Waals surface area contributed by atoms with E-state index in [1.54, 1.807) is 30.1 Å². The lowest BCUT2D eigenvalue weighted by Gasteiger charge is -2.04. The van der Waals surface area contributed by atoms with Crippen molar-refractivity contribution in [1.82, 2.24) is 4.98 Å². The fourth-order valence-corrected chi connectivity index (χ4v) is 2.58. The highest BCUT2D eigenvalue weighted by Crippen LogP contribution is 2.31. The van der Waals surface area contributed by atoms with Gasteiger partial charge in [0.05, 0.1) is 4.47 Å². The van der Waals surface area contributed by atoms with Crippen LogP contribution in [0, 0.1) is 0 Å². The van der Waals surface area contributed by atoms with E-state index in [-0.39, 0.29) is 5.84 Å². The summed E-state index contributed by atoms with van der Waals surface area (Å²) < 4.78 is 0.954. The summed E-state index contributed by atoms with van der Waals surface area (Å²) in [6.45, 7) is 0.